The average molecular weight is 398 g/mol. The molecule has 0 radical (unpaired) electrons. The molecule has 1 heterocycles. The number of carbonyl (C=O) groups is 2. The molecule has 0 aliphatic carbocycles. The van der Waals surface area contributed by atoms with Crippen molar-refractivity contribution in [1.29, 1.82) is 0 Å². The van der Waals surface area contributed by atoms with E-state index >= 15 is 0 Å². The summed E-state index contributed by atoms with van der Waals surface area (Å²) in [6.07, 6.45) is 0.745. The lowest BCUT2D eigenvalue weighted by atomic mass is 9.98. The lowest BCUT2D eigenvalue weighted by molar-refractivity contribution is -0.128. The summed E-state index contributed by atoms with van der Waals surface area (Å²) in [5.74, 6) is -0.258. The summed E-state index contributed by atoms with van der Waals surface area (Å²) in [5, 5.41) is 2.98. The quantitative estimate of drug-likeness (QED) is 0.656. The van der Waals surface area contributed by atoms with E-state index in [0.717, 1.165) is 15.8 Å². The normalized spacial score (nSPS) is 12.4. The van der Waals surface area contributed by atoms with Crippen LogP contribution < -0.4 is 15.6 Å². The van der Waals surface area contributed by atoms with Crippen molar-refractivity contribution in [2.24, 2.45) is 0 Å². The molecule has 28 heavy (non-hydrogen) atoms. The summed E-state index contributed by atoms with van der Waals surface area (Å²) in [6, 6.07) is 13.5. The first-order valence-electron chi connectivity index (χ1n) is 8.96. The van der Waals surface area contributed by atoms with E-state index in [1.54, 1.807) is 6.92 Å². The molecule has 146 valence electrons. The van der Waals surface area contributed by atoms with Crippen LogP contribution in [0.15, 0.2) is 48.7 Å². The van der Waals surface area contributed by atoms with Crippen molar-refractivity contribution in [2.45, 2.75) is 39.2 Å². The topological polar surface area (TPSA) is 80.3 Å². The van der Waals surface area contributed by atoms with Gasteiger partial charge < -0.3 is 4.74 Å². The van der Waals surface area contributed by atoms with Crippen molar-refractivity contribution in [3.63, 3.8) is 0 Å². The number of nitrogens with zero attached hydrogens (tertiary/aromatic N) is 1. The third-order valence-corrected chi connectivity index (χ3v) is 5.50. The van der Waals surface area contributed by atoms with Crippen LogP contribution in [-0.2, 0) is 10.2 Å². The van der Waals surface area contributed by atoms with Gasteiger partial charge >= 0.3 is 0 Å². The number of aromatic nitrogens is 1. The van der Waals surface area contributed by atoms with Gasteiger partial charge in [0.05, 0.1) is 11.2 Å². The number of fused-ring (bicyclic) bond motifs is 1. The molecular formula is C21H23N3O3S. The van der Waals surface area contributed by atoms with E-state index in [1.807, 2.05) is 63.2 Å². The molecule has 6 nitrogen and oxygen atoms in total. The molecular weight excluding hydrogens is 374 g/mol. The SMILES string of the molecule is CC(Oc1ccc2ccccc2c1)C(=O)NNC(=O)c1cnc(C(C)(C)C)s1. The summed E-state index contributed by atoms with van der Waals surface area (Å²) in [7, 11) is 0. The molecule has 3 aromatic rings. The Morgan fingerprint density at radius 2 is 1.79 bits per heavy atom. The zero-order chi connectivity index (χ0) is 20.3. The van der Waals surface area contributed by atoms with Gasteiger partial charge in [-0.1, -0.05) is 51.1 Å². The van der Waals surface area contributed by atoms with Crippen molar-refractivity contribution >= 4 is 33.9 Å². The van der Waals surface area contributed by atoms with Crippen LogP contribution in [0.4, 0.5) is 0 Å². The Labute approximate surface area is 167 Å². The molecule has 7 heteroatoms. The lowest BCUT2D eigenvalue weighted by Gasteiger charge is -2.15. The van der Waals surface area contributed by atoms with Gasteiger partial charge in [-0.15, -0.1) is 11.3 Å². The van der Waals surface area contributed by atoms with E-state index < -0.39 is 17.9 Å². The number of hydrogen-bond acceptors (Lipinski definition) is 5. The van der Waals surface area contributed by atoms with Crippen LogP contribution in [0.2, 0.25) is 0 Å². The predicted molar refractivity (Wildman–Crippen MR) is 110 cm³/mol. The molecule has 2 amide bonds. The third kappa shape index (κ3) is 4.67. The van der Waals surface area contributed by atoms with E-state index in [4.69, 9.17) is 4.74 Å². The number of nitrogens with one attached hydrogen (secondary N) is 2. The second kappa shape index (κ2) is 7.98. The zero-order valence-corrected chi connectivity index (χ0v) is 17.1. The first-order valence-corrected chi connectivity index (χ1v) is 9.77. The zero-order valence-electron chi connectivity index (χ0n) is 16.3. The van der Waals surface area contributed by atoms with Gasteiger partial charge in [-0.25, -0.2) is 4.98 Å². The summed E-state index contributed by atoms with van der Waals surface area (Å²) in [4.78, 5) is 29.2. The largest absolute Gasteiger partial charge is 0.481 e. The van der Waals surface area contributed by atoms with Crippen molar-refractivity contribution in [1.82, 2.24) is 15.8 Å². The van der Waals surface area contributed by atoms with Gasteiger partial charge in [0.1, 0.15) is 10.6 Å². The Hall–Kier alpha value is -2.93. The van der Waals surface area contributed by atoms with Gasteiger partial charge in [-0.2, -0.15) is 0 Å². The second-order valence-corrected chi connectivity index (χ2v) is 8.52. The number of amides is 2. The summed E-state index contributed by atoms with van der Waals surface area (Å²) in [5.41, 5.74) is 4.68. The first-order chi connectivity index (χ1) is 13.2. The van der Waals surface area contributed by atoms with Gasteiger partial charge in [0.15, 0.2) is 6.10 Å². The maximum atomic E-state index is 12.2. The van der Waals surface area contributed by atoms with Crippen molar-refractivity contribution in [3.8, 4) is 5.75 Å². The highest BCUT2D eigenvalue weighted by Crippen LogP contribution is 2.26. The van der Waals surface area contributed by atoms with E-state index in [1.165, 1.54) is 17.5 Å². The lowest BCUT2D eigenvalue weighted by Crippen LogP contribution is -2.47. The minimum atomic E-state index is -0.770. The number of hydrazine groups is 1. The number of rotatable bonds is 4. The van der Waals surface area contributed by atoms with E-state index in [-0.39, 0.29) is 5.41 Å². The molecule has 0 spiro atoms. The molecule has 0 saturated carbocycles. The smallest absolute Gasteiger partial charge is 0.281 e. The van der Waals surface area contributed by atoms with Gasteiger partial charge in [-0.05, 0) is 29.8 Å². The molecule has 2 N–H and O–H groups in total. The number of hydrogen-bond donors (Lipinski definition) is 2. The summed E-state index contributed by atoms with van der Waals surface area (Å²) < 4.78 is 5.70. The monoisotopic (exact) mass is 397 g/mol. The average Bonchev–Trinajstić information content (AvgIpc) is 3.16. The van der Waals surface area contributed by atoms with Crippen LogP contribution in [0, 0.1) is 0 Å². The third-order valence-electron chi connectivity index (χ3n) is 4.07. The predicted octanol–water partition coefficient (Wildman–Crippen LogP) is 3.82. The fourth-order valence-electron chi connectivity index (χ4n) is 2.51. The van der Waals surface area contributed by atoms with E-state index in [2.05, 4.69) is 15.8 Å². The van der Waals surface area contributed by atoms with Crippen LogP contribution in [0.1, 0.15) is 42.4 Å². The fourth-order valence-corrected chi connectivity index (χ4v) is 3.37. The molecule has 3 rings (SSSR count). The van der Waals surface area contributed by atoms with Crippen LogP contribution in [-0.4, -0.2) is 22.9 Å². The minimum Gasteiger partial charge on any atom is -0.481 e. The Morgan fingerprint density at radius 1 is 1.07 bits per heavy atom. The van der Waals surface area contributed by atoms with Crippen molar-refractivity contribution < 1.29 is 14.3 Å². The highest BCUT2D eigenvalue weighted by Gasteiger charge is 2.21. The minimum absolute atomic E-state index is 0.130. The summed E-state index contributed by atoms with van der Waals surface area (Å²) in [6.45, 7) is 7.71. The number of benzene rings is 2. The van der Waals surface area contributed by atoms with E-state index in [9.17, 15) is 9.59 Å². The molecule has 0 bridgehead atoms. The Kier molecular flexibility index (Phi) is 5.65. The highest BCUT2D eigenvalue weighted by atomic mass is 32.1. The van der Waals surface area contributed by atoms with Gasteiger partial charge in [0.25, 0.3) is 11.8 Å². The highest BCUT2D eigenvalue weighted by molar-refractivity contribution is 7.13. The Bertz CT molecular complexity index is 1010. The maximum absolute atomic E-state index is 12.2. The van der Waals surface area contributed by atoms with Gasteiger partial charge in [0.2, 0.25) is 0 Å². The fraction of sp³-hybridized carbons (Fsp3) is 0.286. The van der Waals surface area contributed by atoms with E-state index in [0.29, 0.717) is 10.6 Å². The molecule has 0 fully saturated rings. The molecule has 1 unspecified atom stereocenters. The van der Waals surface area contributed by atoms with Crippen LogP contribution in [0.5, 0.6) is 5.75 Å². The van der Waals surface area contributed by atoms with Crippen molar-refractivity contribution in [2.75, 3.05) is 0 Å². The first kappa shape index (κ1) is 19.8. The number of carbonyl (C=O) groups excluding carboxylic acids is 2. The van der Waals surface area contributed by atoms with Gasteiger partial charge in [0, 0.05) is 5.41 Å². The molecule has 0 saturated heterocycles. The van der Waals surface area contributed by atoms with Crippen molar-refractivity contribution in [3.05, 3.63) is 58.5 Å². The van der Waals surface area contributed by atoms with Crippen LogP contribution in [0.3, 0.4) is 0 Å². The second-order valence-electron chi connectivity index (χ2n) is 7.49. The molecule has 1 aromatic heterocycles. The molecule has 0 aliphatic rings. The summed E-state index contributed by atoms with van der Waals surface area (Å²) >= 11 is 1.31. The van der Waals surface area contributed by atoms with Gasteiger partial charge in [-0.3, -0.25) is 20.4 Å². The van der Waals surface area contributed by atoms with Crippen LogP contribution >= 0.6 is 11.3 Å². The molecule has 2 aromatic carbocycles. The molecule has 1 atom stereocenters. The molecule has 0 aliphatic heterocycles. The Morgan fingerprint density at radius 3 is 2.46 bits per heavy atom. The number of thiazole rings is 1. The van der Waals surface area contributed by atoms with Crippen LogP contribution in [0.25, 0.3) is 10.8 Å². The standard InChI is InChI=1S/C21H23N3O3S/c1-13(27-16-10-9-14-7-5-6-8-15(14)11-16)18(25)23-24-19(26)17-12-22-20(28-17)21(2,3)4/h5-13H,1-4H3,(H,23,25)(H,24,26). The number of ether oxygens (including phenoxy) is 1. The Balaban J connectivity index is 1.56. The maximum Gasteiger partial charge on any atom is 0.281 e.